The molecule has 6 heteroatoms. The van der Waals surface area contributed by atoms with Gasteiger partial charge in [-0.1, -0.05) is 6.07 Å². The van der Waals surface area contributed by atoms with Gasteiger partial charge in [0.15, 0.2) is 5.82 Å². The number of nitrogens with zero attached hydrogens (tertiary/aromatic N) is 1. The Morgan fingerprint density at radius 1 is 1.29 bits per heavy atom. The minimum atomic E-state index is -0.534. The van der Waals surface area contributed by atoms with Crippen LogP contribution in [0.1, 0.15) is 12.5 Å². The van der Waals surface area contributed by atoms with Crippen molar-refractivity contribution in [3.8, 4) is 0 Å². The van der Waals surface area contributed by atoms with E-state index in [0.29, 0.717) is 17.9 Å². The van der Waals surface area contributed by atoms with Crippen LogP contribution in [-0.4, -0.2) is 12.4 Å². The quantitative estimate of drug-likeness (QED) is 0.640. The van der Waals surface area contributed by atoms with E-state index in [2.05, 4.69) is 15.9 Å². The number of nitrogens with two attached hydrogens (primary N) is 1. The van der Waals surface area contributed by atoms with Crippen molar-refractivity contribution in [3.63, 3.8) is 0 Å². The fraction of sp³-hybridized carbons (Fsp3) is 0.133. The van der Waals surface area contributed by atoms with E-state index >= 15 is 0 Å². The first-order chi connectivity index (χ1) is 9.95. The van der Waals surface area contributed by atoms with E-state index in [-0.39, 0.29) is 21.7 Å². The zero-order valence-electron chi connectivity index (χ0n) is 11.3. The van der Waals surface area contributed by atoms with Crippen LogP contribution in [0.25, 0.3) is 0 Å². The predicted molar refractivity (Wildman–Crippen MR) is 84.2 cm³/mol. The minimum absolute atomic E-state index is 0.127. The molecule has 21 heavy (non-hydrogen) atoms. The van der Waals surface area contributed by atoms with Gasteiger partial charge in [0.05, 0.1) is 10.2 Å². The van der Waals surface area contributed by atoms with Gasteiger partial charge < -0.3 is 10.6 Å². The van der Waals surface area contributed by atoms with Crippen LogP contribution in [-0.2, 0) is 0 Å². The highest BCUT2D eigenvalue weighted by molar-refractivity contribution is 9.10. The van der Waals surface area contributed by atoms with Gasteiger partial charge in [-0.15, -0.1) is 0 Å². The maximum atomic E-state index is 14.5. The lowest BCUT2D eigenvalue weighted by molar-refractivity contribution is 0.616. The summed E-state index contributed by atoms with van der Waals surface area (Å²) in [6.07, 6.45) is 0. The average molecular weight is 354 g/mol. The Labute approximate surface area is 130 Å². The molecule has 0 fully saturated rings. The Morgan fingerprint density at radius 2 is 2.00 bits per heavy atom. The van der Waals surface area contributed by atoms with E-state index in [4.69, 9.17) is 11.1 Å². The van der Waals surface area contributed by atoms with Gasteiger partial charge in [0.1, 0.15) is 11.7 Å². The van der Waals surface area contributed by atoms with Gasteiger partial charge in [-0.3, -0.25) is 5.41 Å². The van der Waals surface area contributed by atoms with Gasteiger partial charge in [0.25, 0.3) is 0 Å². The number of hydrogen-bond donors (Lipinski definition) is 2. The van der Waals surface area contributed by atoms with Crippen LogP contribution in [0.15, 0.2) is 40.9 Å². The highest BCUT2D eigenvalue weighted by Gasteiger charge is 2.18. The normalized spacial score (nSPS) is 10.5. The summed E-state index contributed by atoms with van der Waals surface area (Å²) in [5.41, 5.74) is 6.53. The van der Waals surface area contributed by atoms with Gasteiger partial charge in [-0.25, -0.2) is 8.78 Å². The van der Waals surface area contributed by atoms with Crippen LogP contribution in [0.4, 0.5) is 20.2 Å². The lowest BCUT2D eigenvalue weighted by atomic mass is 10.1. The van der Waals surface area contributed by atoms with E-state index in [0.717, 1.165) is 0 Å². The molecule has 110 valence electrons. The Bertz CT molecular complexity index is 689. The second kappa shape index (κ2) is 6.22. The first-order valence-corrected chi connectivity index (χ1v) is 7.10. The fourth-order valence-electron chi connectivity index (χ4n) is 2.09. The molecular weight excluding hydrogens is 340 g/mol. The summed E-state index contributed by atoms with van der Waals surface area (Å²) in [5.74, 6) is -1.14. The molecule has 0 atom stereocenters. The molecule has 0 radical (unpaired) electrons. The standard InChI is InChI=1S/C15H14BrF2N3/c1-2-21(10-5-3-4-9(17)8-10)12-7-6-11(15(19)20)13(16)14(12)18/h3-8H,2H2,1H3,(H3,19,20). The Morgan fingerprint density at radius 3 is 2.57 bits per heavy atom. The summed E-state index contributed by atoms with van der Waals surface area (Å²) >= 11 is 3.12. The number of rotatable bonds is 4. The smallest absolute Gasteiger partial charge is 0.161 e. The van der Waals surface area contributed by atoms with Crippen molar-refractivity contribution in [2.45, 2.75) is 6.92 Å². The zero-order valence-corrected chi connectivity index (χ0v) is 12.9. The SMILES string of the molecule is CCN(c1cccc(F)c1)c1ccc(C(=N)N)c(Br)c1F. The molecule has 0 saturated carbocycles. The third kappa shape index (κ3) is 3.05. The molecule has 0 heterocycles. The lowest BCUT2D eigenvalue weighted by Gasteiger charge is -2.24. The van der Waals surface area contributed by atoms with Crippen LogP contribution in [0.3, 0.4) is 0 Å². The molecule has 0 saturated heterocycles. The molecule has 3 N–H and O–H groups in total. The highest BCUT2D eigenvalue weighted by Crippen LogP contribution is 2.33. The molecule has 2 rings (SSSR count). The fourth-order valence-corrected chi connectivity index (χ4v) is 2.64. The maximum absolute atomic E-state index is 14.5. The van der Waals surface area contributed by atoms with Crippen LogP contribution < -0.4 is 10.6 Å². The monoisotopic (exact) mass is 353 g/mol. The van der Waals surface area contributed by atoms with Gasteiger partial charge in [0.2, 0.25) is 0 Å². The molecule has 0 aliphatic heterocycles. The molecular formula is C15H14BrF2N3. The molecule has 0 aliphatic rings. The summed E-state index contributed by atoms with van der Waals surface area (Å²) in [6.45, 7) is 2.31. The molecule has 0 unspecified atom stereocenters. The number of anilines is 2. The molecule has 2 aromatic carbocycles. The van der Waals surface area contributed by atoms with Crippen LogP contribution in [0.5, 0.6) is 0 Å². The van der Waals surface area contributed by atoms with Gasteiger partial charge in [-0.05, 0) is 53.2 Å². The third-order valence-electron chi connectivity index (χ3n) is 3.08. The van der Waals surface area contributed by atoms with Gasteiger partial charge in [0, 0.05) is 17.8 Å². The predicted octanol–water partition coefficient (Wildman–Crippen LogP) is 4.17. The van der Waals surface area contributed by atoms with Gasteiger partial charge >= 0.3 is 0 Å². The Hall–Kier alpha value is -1.95. The number of nitrogens with one attached hydrogen (secondary N) is 1. The topological polar surface area (TPSA) is 53.1 Å². The molecule has 2 aromatic rings. The summed E-state index contributed by atoms with van der Waals surface area (Å²) < 4.78 is 28.0. The number of nitrogen functional groups attached to an aromatic ring is 1. The Balaban J connectivity index is 2.53. The highest BCUT2D eigenvalue weighted by atomic mass is 79.9. The van der Waals surface area contributed by atoms with Crippen molar-refractivity contribution in [2.24, 2.45) is 5.73 Å². The van der Waals surface area contributed by atoms with Gasteiger partial charge in [-0.2, -0.15) is 0 Å². The van der Waals surface area contributed by atoms with Crippen LogP contribution >= 0.6 is 15.9 Å². The molecule has 0 aliphatic carbocycles. The van der Waals surface area contributed by atoms with E-state index in [9.17, 15) is 8.78 Å². The molecule has 0 bridgehead atoms. The number of amidine groups is 1. The van der Waals surface area contributed by atoms with E-state index < -0.39 is 5.82 Å². The van der Waals surface area contributed by atoms with E-state index in [1.54, 1.807) is 23.1 Å². The van der Waals surface area contributed by atoms with Crippen molar-refractivity contribution in [1.82, 2.24) is 0 Å². The first-order valence-electron chi connectivity index (χ1n) is 6.31. The largest absolute Gasteiger partial charge is 0.384 e. The Kier molecular flexibility index (Phi) is 4.57. The van der Waals surface area contributed by atoms with Crippen molar-refractivity contribution < 1.29 is 8.78 Å². The van der Waals surface area contributed by atoms with E-state index in [1.807, 2.05) is 6.92 Å². The van der Waals surface area contributed by atoms with Crippen LogP contribution in [0.2, 0.25) is 0 Å². The van der Waals surface area contributed by atoms with Crippen LogP contribution in [0, 0.1) is 17.0 Å². The summed E-state index contributed by atoms with van der Waals surface area (Å²) in [5, 5.41) is 7.41. The molecule has 0 spiro atoms. The average Bonchev–Trinajstić information content (AvgIpc) is 2.44. The zero-order chi connectivity index (χ0) is 15.6. The minimum Gasteiger partial charge on any atom is -0.384 e. The van der Waals surface area contributed by atoms with E-state index in [1.165, 1.54) is 18.2 Å². The van der Waals surface area contributed by atoms with Crippen molar-refractivity contribution in [3.05, 3.63) is 58.1 Å². The van der Waals surface area contributed by atoms with Crippen molar-refractivity contribution >= 4 is 33.1 Å². The number of benzene rings is 2. The number of hydrogen-bond acceptors (Lipinski definition) is 2. The second-order valence-corrected chi connectivity index (χ2v) is 5.19. The molecule has 0 aromatic heterocycles. The first kappa shape index (κ1) is 15.4. The summed E-state index contributed by atoms with van der Waals surface area (Å²) in [7, 11) is 0. The lowest BCUT2D eigenvalue weighted by Crippen LogP contribution is -2.19. The number of halogens is 3. The molecule has 3 nitrogen and oxygen atoms in total. The van der Waals surface area contributed by atoms with Crippen molar-refractivity contribution in [2.75, 3.05) is 11.4 Å². The molecule has 0 amide bonds. The summed E-state index contributed by atoms with van der Waals surface area (Å²) in [6, 6.07) is 9.05. The third-order valence-corrected chi connectivity index (χ3v) is 3.85. The van der Waals surface area contributed by atoms with Crippen molar-refractivity contribution in [1.29, 1.82) is 5.41 Å². The summed E-state index contributed by atoms with van der Waals surface area (Å²) in [4.78, 5) is 1.65. The second-order valence-electron chi connectivity index (χ2n) is 4.40. The maximum Gasteiger partial charge on any atom is 0.161 e.